The molecule has 1 N–H and O–H groups in total. The van der Waals surface area contributed by atoms with Crippen molar-refractivity contribution in [3.8, 4) is 5.75 Å². The first kappa shape index (κ1) is 23.1. The van der Waals surface area contributed by atoms with Gasteiger partial charge in [0.25, 0.3) is 0 Å². The number of aliphatic hydroxyl groups excluding tert-OH is 1. The van der Waals surface area contributed by atoms with Crippen molar-refractivity contribution in [3.63, 3.8) is 0 Å². The second-order valence-electron chi connectivity index (χ2n) is 9.50. The quantitative estimate of drug-likeness (QED) is 0.417. The maximum absolute atomic E-state index is 13.0. The monoisotopic (exact) mass is 469 g/mol. The molecule has 1 fully saturated rings. The number of carbonyl (C=O) groups excluding carboxylic acids is 1. The van der Waals surface area contributed by atoms with E-state index in [9.17, 15) is 9.90 Å². The van der Waals surface area contributed by atoms with Crippen LogP contribution in [0.15, 0.2) is 66.7 Å². The summed E-state index contributed by atoms with van der Waals surface area (Å²) < 4.78 is 8.07. The zero-order valence-electron chi connectivity index (χ0n) is 20.4. The van der Waals surface area contributed by atoms with Crippen LogP contribution in [0.3, 0.4) is 0 Å². The van der Waals surface area contributed by atoms with Crippen LogP contribution in [0.2, 0.25) is 0 Å². The lowest BCUT2D eigenvalue weighted by Crippen LogP contribution is -2.26. The number of hydrogen-bond donors (Lipinski definition) is 1. The molecular formula is C29H31N3O3. The Morgan fingerprint density at radius 1 is 1.03 bits per heavy atom. The lowest BCUT2D eigenvalue weighted by atomic mass is 10.1. The second kappa shape index (κ2) is 9.55. The number of imidazole rings is 1. The summed E-state index contributed by atoms with van der Waals surface area (Å²) in [5, 5.41) is 11.0. The average molecular weight is 470 g/mol. The van der Waals surface area contributed by atoms with Crippen molar-refractivity contribution in [1.29, 1.82) is 0 Å². The number of carbonyl (C=O) groups is 1. The molecule has 35 heavy (non-hydrogen) atoms. The van der Waals surface area contributed by atoms with Crippen LogP contribution in [0.4, 0.5) is 5.69 Å². The fourth-order valence-electron chi connectivity index (χ4n) is 4.99. The molecular weight excluding hydrogens is 438 g/mol. The second-order valence-corrected chi connectivity index (χ2v) is 9.50. The van der Waals surface area contributed by atoms with Gasteiger partial charge in [-0.1, -0.05) is 42.5 Å². The number of ether oxygens (including phenoxy) is 1. The van der Waals surface area contributed by atoms with E-state index in [0.29, 0.717) is 19.5 Å². The standard InChI is InChI=1S/C29H31N3O3/c1-19-8-6-11-23(14-19)31-16-22(15-27(31)34)29-30-25-12-4-5-13-26(25)32(29)17-24(33)18-35-28-20(2)9-7-10-21(28)3/h4-14,22,24,33H,15-18H2,1-3H3/t22-,24+/m0/s1. The van der Waals surface area contributed by atoms with Crippen molar-refractivity contribution < 1.29 is 14.6 Å². The van der Waals surface area contributed by atoms with Crippen molar-refractivity contribution in [1.82, 2.24) is 9.55 Å². The van der Waals surface area contributed by atoms with Crippen LogP contribution >= 0.6 is 0 Å². The molecule has 1 aromatic heterocycles. The van der Waals surface area contributed by atoms with E-state index in [0.717, 1.165) is 45.0 Å². The van der Waals surface area contributed by atoms with Gasteiger partial charge < -0.3 is 19.3 Å². The number of amides is 1. The number of anilines is 1. The molecule has 0 radical (unpaired) electrons. The fraction of sp³-hybridized carbons (Fsp3) is 0.310. The maximum Gasteiger partial charge on any atom is 0.227 e. The molecule has 2 atom stereocenters. The van der Waals surface area contributed by atoms with Crippen molar-refractivity contribution in [2.75, 3.05) is 18.1 Å². The Balaban J connectivity index is 1.39. The Bertz CT molecular complexity index is 1360. The fourth-order valence-corrected chi connectivity index (χ4v) is 4.99. The largest absolute Gasteiger partial charge is 0.490 e. The van der Waals surface area contributed by atoms with Crippen LogP contribution in [0, 0.1) is 20.8 Å². The van der Waals surface area contributed by atoms with Crippen molar-refractivity contribution in [2.24, 2.45) is 0 Å². The van der Waals surface area contributed by atoms with Gasteiger partial charge in [-0.05, 0) is 61.7 Å². The van der Waals surface area contributed by atoms with Gasteiger partial charge >= 0.3 is 0 Å². The third kappa shape index (κ3) is 4.66. The molecule has 1 saturated heterocycles. The molecule has 6 nitrogen and oxygen atoms in total. The van der Waals surface area contributed by atoms with Gasteiger partial charge in [0.15, 0.2) is 0 Å². The molecule has 0 saturated carbocycles. The third-order valence-electron chi connectivity index (χ3n) is 6.71. The van der Waals surface area contributed by atoms with Crippen LogP contribution in [0.5, 0.6) is 5.75 Å². The number of aryl methyl sites for hydroxylation is 3. The number of rotatable bonds is 7. The van der Waals surface area contributed by atoms with Gasteiger partial charge in [-0.25, -0.2) is 4.98 Å². The summed E-state index contributed by atoms with van der Waals surface area (Å²) in [6.07, 6.45) is -0.331. The Morgan fingerprint density at radius 3 is 2.54 bits per heavy atom. The highest BCUT2D eigenvalue weighted by molar-refractivity contribution is 5.96. The van der Waals surface area contributed by atoms with Gasteiger partial charge in [-0.15, -0.1) is 0 Å². The van der Waals surface area contributed by atoms with E-state index >= 15 is 0 Å². The number of benzene rings is 3. The number of fused-ring (bicyclic) bond motifs is 1. The first-order chi connectivity index (χ1) is 16.9. The molecule has 6 heteroatoms. The first-order valence-corrected chi connectivity index (χ1v) is 12.1. The van der Waals surface area contributed by atoms with E-state index in [1.807, 2.05) is 92.4 Å². The molecule has 0 aliphatic carbocycles. The normalized spacial score (nSPS) is 16.7. The van der Waals surface area contributed by atoms with Gasteiger partial charge in [0.1, 0.15) is 24.3 Å². The summed E-state index contributed by atoms with van der Waals surface area (Å²) in [5.41, 5.74) is 5.96. The predicted octanol–water partition coefficient (Wildman–Crippen LogP) is 4.92. The van der Waals surface area contributed by atoms with Crippen LogP contribution in [0.25, 0.3) is 11.0 Å². The van der Waals surface area contributed by atoms with Crippen LogP contribution in [-0.4, -0.2) is 39.8 Å². The summed E-state index contributed by atoms with van der Waals surface area (Å²) >= 11 is 0. The SMILES string of the molecule is Cc1cccc(N2C[C@@H](c3nc4ccccc4n3C[C@@H](O)COc3c(C)cccc3C)CC2=O)c1. The highest BCUT2D eigenvalue weighted by Crippen LogP contribution is 2.33. The van der Waals surface area contributed by atoms with Gasteiger partial charge in [0, 0.05) is 24.6 Å². The molecule has 1 aliphatic rings. The van der Waals surface area contributed by atoms with Crippen LogP contribution < -0.4 is 9.64 Å². The minimum absolute atomic E-state index is 0.0536. The number of aliphatic hydroxyl groups is 1. The molecule has 0 bridgehead atoms. The van der Waals surface area contributed by atoms with E-state index in [2.05, 4.69) is 4.57 Å². The Morgan fingerprint density at radius 2 is 1.77 bits per heavy atom. The van der Waals surface area contributed by atoms with Gasteiger partial charge in [0.2, 0.25) is 5.91 Å². The Labute approximate surface area is 205 Å². The smallest absolute Gasteiger partial charge is 0.227 e. The number of aromatic nitrogens is 2. The minimum Gasteiger partial charge on any atom is -0.490 e. The van der Waals surface area contributed by atoms with Gasteiger partial charge in [0.05, 0.1) is 17.6 Å². The lowest BCUT2D eigenvalue weighted by molar-refractivity contribution is -0.117. The molecule has 4 aromatic rings. The van der Waals surface area contributed by atoms with E-state index in [4.69, 9.17) is 9.72 Å². The summed E-state index contributed by atoms with van der Waals surface area (Å²) in [4.78, 5) is 19.7. The molecule has 0 spiro atoms. The van der Waals surface area contributed by atoms with E-state index in [-0.39, 0.29) is 18.4 Å². The van der Waals surface area contributed by atoms with E-state index in [1.54, 1.807) is 0 Å². The van der Waals surface area contributed by atoms with Crippen molar-refractivity contribution in [2.45, 2.75) is 45.8 Å². The molecule has 1 amide bonds. The Hall–Kier alpha value is -3.64. The third-order valence-corrected chi connectivity index (χ3v) is 6.71. The summed E-state index contributed by atoms with van der Waals surface area (Å²) in [6.45, 7) is 7.14. The Kier molecular flexibility index (Phi) is 6.31. The number of hydrogen-bond acceptors (Lipinski definition) is 4. The number of para-hydroxylation sites is 3. The highest BCUT2D eigenvalue weighted by atomic mass is 16.5. The average Bonchev–Trinajstić information content (AvgIpc) is 3.39. The molecule has 3 aromatic carbocycles. The van der Waals surface area contributed by atoms with Crippen molar-refractivity contribution >= 4 is 22.6 Å². The minimum atomic E-state index is -0.727. The number of nitrogens with zero attached hydrogens (tertiary/aromatic N) is 3. The van der Waals surface area contributed by atoms with Crippen LogP contribution in [0.1, 0.15) is 34.9 Å². The lowest BCUT2D eigenvalue weighted by Gasteiger charge is -2.20. The summed E-state index contributed by atoms with van der Waals surface area (Å²) in [7, 11) is 0. The first-order valence-electron chi connectivity index (χ1n) is 12.1. The predicted molar refractivity (Wildman–Crippen MR) is 138 cm³/mol. The van der Waals surface area contributed by atoms with E-state index < -0.39 is 6.10 Å². The topological polar surface area (TPSA) is 67.6 Å². The van der Waals surface area contributed by atoms with Gasteiger partial charge in [-0.3, -0.25) is 4.79 Å². The zero-order chi connectivity index (χ0) is 24.5. The van der Waals surface area contributed by atoms with Crippen LogP contribution in [-0.2, 0) is 11.3 Å². The summed E-state index contributed by atoms with van der Waals surface area (Å²) in [6, 6.07) is 22.0. The van der Waals surface area contributed by atoms with Gasteiger partial charge in [-0.2, -0.15) is 0 Å². The molecule has 0 unspecified atom stereocenters. The molecule has 1 aliphatic heterocycles. The van der Waals surface area contributed by atoms with E-state index in [1.165, 1.54) is 0 Å². The molecule has 2 heterocycles. The van der Waals surface area contributed by atoms with Crippen molar-refractivity contribution in [3.05, 3.63) is 89.2 Å². The summed E-state index contributed by atoms with van der Waals surface area (Å²) in [5.74, 6) is 1.69. The molecule has 5 rings (SSSR count). The zero-order valence-corrected chi connectivity index (χ0v) is 20.4. The highest BCUT2D eigenvalue weighted by Gasteiger charge is 2.35. The maximum atomic E-state index is 13.0. The molecule has 180 valence electrons.